The highest BCUT2D eigenvalue weighted by Gasteiger charge is 2.15. The van der Waals surface area contributed by atoms with Crippen LogP contribution >= 0.6 is 0 Å². The first kappa shape index (κ1) is 19.1. The molecule has 0 fully saturated rings. The molecule has 4 rings (SSSR count). The predicted molar refractivity (Wildman–Crippen MR) is 115 cm³/mol. The van der Waals surface area contributed by atoms with Crippen molar-refractivity contribution in [2.24, 2.45) is 18.5 Å². The number of carbonyl (C=O) groups is 1. The maximum atomic E-state index is 15.0. The molecule has 150 valence electrons. The summed E-state index contributed by atoms with van der Waals surface area (Å²) in [4.78, 5) is 18.7. The molecule has 1 aromatic carbocycles. The number of nitrogens with zero attached hydrogens (tertiary/aromatic N) is 3. The van der Waals surface area contributed by atoms with Crippen LogP contribution in [-0.2, 0) is 7.05 Å². The molecule has 3 aromatic heterocycles. The Bertz CT molecular complexity index is 1410. The number of benzene rings is 1. The third-order valence-corrected chi connectivity index (χ3v) is 4.86. The highest BCUT2D eigenvalue weighted by Crippen LogP contribution is 2.28. The molecule has 0 aliphatic rings. The summed E-state index contributed by atoms with van der Waals surface area (Å²) in [6, 6.07) is 6.42. The zero-order chi connectivity index (χ0) is 21.4. The summed E-state index contributed by atoms with van der Waals surface area (Å²) in [5.74, 6) is -1.05. The number of pyridine rings is 1. The fraction of sp³-hybridized carbons (Fsp3) is 0.0455. The number of aryl methyl sites for hydroxylation is 1. The number of aromatic nitrogens is 4. The van der Waals surface area contributed by atoms with Gasteiger partial charge < -0.3 is 16.5 Å². The van der Waals surface area contributed by atoms with E-state index in [1.807, 2.05) is 19.3 Å². The van der Waals surface area contributed by atoms with E-state index in [1.54, 1.807) is 35.1 Å². The van der Waals surface area contributed by atoms with E-state index in [9.17, 15) is 9.18 Å². The first-order chi connectivity index (χ1) is 14.4. The number of nitrogens with two attached hydrogens (primary N) is 2. The van der Waals surface area contributed by atoms with Gasteiger partial charge in [-0.2, -0.15) is 5.10 Å². The van der Waals surface area contributed by atoms with Crippen molar-refractivity contribution in [2.45, 2.75) is 0 Å². The Morgan fingerprint density at radius 2 is 1.97 bits per heavy atom. The molecule has 0 saturated carbocycles. The fourth-order valence-corrected chi connectivity index (χ4v) is 3.38. The molecule has 0 aliphatic carbocycles. The van der Waals surface area contributed by atoms with Crippen LogP contribution in [0.25, 0.3) is 40.0 Å². The van der Waals surface area contributed by atoms with E-state index in [1.165, 1.54) is 6.20 Å². The van der Waals surface area contributed by atoms with Gasteiger partial charge in [0.15, 0.2) is 0 Å². The van der Waals surface area contributed by atoms with Gasteiger partial charge in [-0.1, -0.05) is 18.7 Å². The van der Waals surface area contributed by atoms with Crippen LogP contribution in [0, 0.1) is 5.82 Å². The third kappa shape index (κ3) is 3.24. The zero-order valence-electron chi connectivity index (χ0n) is 16.2. The Labute approximate surface area is 170 Å². The van der Waals surface area contributed by atoms with E-state index < -0.39 is 11.7 Å². The topological polar surface area (TPSA) is 116 Å². The normalized spacial score (nSPS) is 12.6. The molecule has 0 aliphatic heterocycles. The maximum Gasteiger partial charge on any atom is 0.248 e. The molecule has 0 radical (unpaired) electrons. The molecule has 8 heteroatoms. The van der Waals surface area contributed by atoms with E-state index in [-0.39, 0.29) is 0 Å². The summed E-state index contributed by atoms with van der Waals surface area (Å²) in [6.07, 6.45) is 7.90. The van der Waals surface area contributed by atoms with Gasteiger partial charge in [0.25, 0.3) is 0 Å². The van der Waals surface area contributed by atoms with E-state index in [0.717, 1.165) is 11.8 Å². The quantitative estimate of drug-likeness (QED) is 0.478. The fourth-order valence-electron chi connectivity index (χ4n) is 3.38. The van der Waals surface area contributed by atoms with Gasteiger partial charge in [0.05, 0.1) is 17.7 Å². The molecular formula is C22H19FN6O. The number of rotatable bonds is 4. The Morgan fingerprint density at radius 3 is 2.57 bits per heavy atom. The number of aromatic amines is 1. The van der Waals surface area contributed by atoms with Gasteiger partial charge in [0, 0.05) is 46.7 Å². The average molecular weight is 402 g/mol. The molecule has 0 bridgehead atoms. The lowest BCUT2D eigenvalue weighted by Crippen LogP contribution is -2.24. The maximum absolute atomic E-state index is 15.0. The lowest BCUT2D eigenvalue weighted by molar-refractivity contribution is 0.100. The van der Waals surface area contributed by atoms with Crippen LogP contribution in [0.4, 0.5) is 4.39 Å². The molecule has 0 atom stereocenters. The molecule has 7 nitrogen and oxygen atoms in total. The molecule has 3 heterocycles. The molecule has 30 heavy (non-hydrogen) atoms. The minimum Gasteiger partial charge on any atom is -0.403 e. The van der Waals surface area contributed by atoms with Gasteiger partial charge in [0.2, 0.25) is 5.91 Å². The number of fused-ring (bicyclic) bond motifs is 1. The van der Waals surface area contributed by atoms with Gasteiger partial charge in [-0.3, -0.25) is 9.48 Å². The van der Waals surface area contributed by atoms with Crippen LogP contribution in [0.1, 0.15) is 15.9 Å². The number of primary amides is 1. The van der Waals surface area contributed by atoms with Crippen LogP contribution < -0.4 is 22.0 Å². The summed E-state index contributed by atoms with van der Waals surface area (Å²) in [5, 5.41) is 5.96. The van der Waals surface area contributed by atoms with Crippen molar-refractivity contribution in [2.75, 3.05) is 0 Å². The molecule has 0 saturated heterocycles. The SMILES string of the molecule is C=C(/C=c1\c(=C/N)[nH]c2ncc(F)c(-c3ccc(C(N)=O)cc3)c12)c1cnn(C)c1. The van der Waals surface area contributed by atoms with Crippen LogP contribution in [-0.4, -0.2) is 25.7 Å². The lowest BCUT2D eigenvalue weighted by atomic mass is 9.99. The van der Waals surface area contributed by atoms with Crippen LogP contribution in [0.3, 0.4) is 0 Å². The lowest BCUT2D eigenvalue weighted by Gasteiger charge is -2.06. The number of H-pyrrole nitrogens is 1. The minimum atomic E-state index is -0.551. The van der Waals surface area contributed by atoms with Gasteiger partial charge in [-0.15, -0.1) is 0 Å². The van der Waals surface area contributed by atoms with Crippen molar-refractivity contribution in [1.29, 1.82) is 0 Å². The van der Waals surface area contributed by atoms with Crippen LogP contribution in [0.5, 0.6) is 0 Å². The van der Waals surface area contributed by atoms with Crippen molar-refractivity contribution in [3.63, 3.8) is 0 Å². The van der Waals surface area contributed by atoms with E-state index >= 15 is 0 Å². The number of amides is 1. The summed E-state index contributed by atoms with van der Waals surface area (Å²) >= 11 is 0. The third-order valence-electron chi connectivity index (χ3n) is 4.86. The highest BCUT2D eigenvalue weighted by molar-refractivity contribution is 5.99. The van der Waals surface area contributed by atoms with E-state index in [4.69, 9.17) is 11.5 Å². The Kier molecular flexibility index (Phi) is 4.67. The first-order valence-electron chi connectivity index (χ1n) is 9.07. The van der Waals surface area contributed by atoms with Gasteiger partial charge in [0.1, 0.15) is 11.5 Å². The second-order valence-corrected chi connectivity index (χ2v) is 6.84. The Hall–Kier alpha value is -4.20. The number of nitrogens with one attached hydrogen (secondary N) is 1. The standard InChI is InChI=1S/C22H19FN6O/c1-12(15-9-27-29(2)11-15)7-16-18(8-24)28-22-20(16)19(17(23)10-26-22)13-3-5-14(6-4-13)21(25)30/h3-11H,1,24H2,2H3,(H2,25,30)(H,26,28)/b16-7+,18-8+. The number of hydrogen-bond donors (Lipinski definition) is 3. The van der Waals surface area contributed by atoms with Crippen LogP contribution in [0.15, 0.2) is 49.4 Å². The molecule has 5 N–H and O–H groups in total. The molecule has 1 amide bonds. The van der Waals surface area contributed by atoms with Crippen molar-refractivity contribution in [3.8, 4) is 11.1 Å². The minimum absolute atomic E-state index is 0.339. The number of halogens is 1. The smallest absolute Gasteiger partial charge is 0.248 e. The van der Waals surface area contributed by atoms with Gasteiger partial charge in [-0.05, 0) is 29.3 Å². The number of hydrogen-bond acceptors (Lipinski definition) is 4. The molecule has 0 spiro atoms. The van der Waals surface area contributed by atoms with Crippen molar-refractivity contribution in [3.05, 3.63) is 76.9 Å². The number of carbonyl (C=O) groups excluding carboxylic acids is 1. The molecular weight excluding hydrogens is 383 g/mol. The van der Waals surface area contributed by atoms with E-state index in [2.05, 4.69) is 21.6 Å². The van der Waals surface area contributed by atoms with Gasteiger partial charge in [-0.25, -0.2) is 9.37 Å². The molecule has 0 unspecified atom stereocenters. The van der Waals surface area contributed by atoms with Gasteiger partial charge >= 0.3 is 0 Å². The summed E-state index contributed by atoms with van der Waals surface area (Å²) in [6.45, 7) is 4.11. The predicted octanol–water partition coefficient (Wildman–Crippen LogP) is 1.39. The van der Waals surface area contributed by atoms with E-state index in [0.29, 0.717) is 43.9 Å². The second kappa shape index (κ2) is 7.32. The average Bonchev–Trinajstić information content (AvgIpc) is 3.32. The highest BCUT2D eigenvalue weighted by atomic mass is 19.1. The summed E-state index contributed by atoms with van der Waals surface area (Å²) < 4.78 is 16.6. The largest absolute Gasteiger partial charge is 0.403 e. The molecule has 4 aromatic rings. The van der Waals surface area contributed by atoms with Crippen molar-refractivity contribution >= 4 is 34.8 Å². The summed E-state index contributed by atoms with van der Waals surface area (Å²) in [7, 11) is 1.81. The zero-order valence-corrected chi connectivity index (χ0v) is 16.2. The Morgan fingerprint density at radius 1 is 1.23 bits per heavy atom. The Balaban J connectivity index is 2.01. The second-order valence-electron chi connectivity index (χ2n) is 6.84. The monoisotopic (exact) mass is 402 g/mol. The summed E-state index contributed by atoms with van der Waals surface area (Å²) in [5.41, 5.74) is 14.4. The number of allylic oxidation sites excluding steroid dienone is 1. The van der Waals surface area contributed by atoms with Crippen molar-refractivity contribution in [1.82, 2.24) is 19.7 Å². The van der Waals surface area contributed by atoms with Crippen molar-refractivity contribution < 1.29 is 9.18 Å². The first-order valence-corrected chi connectivity index (χ1v) is 9.07. The van der Waals surface area contributed by atoms with Crippen LogP contribution in [0.2, 0.25) is 0 Å².